The minimum atomic E-state index is -3.55. The summed E-state index contributed by atoms with van der Waals surface area (Å²) in [6, 6.07) is 11.6. The summed E-state index contributed by atoms with van der Waals surface area (Å²) in [7, 11) is -2.01. The number of carbonyl (C=O) groups is 1. The van der Waals surface area contributed by atoms with Gasteiger partial charge in [-0.1, -0.05) is 17.7 Å². The van der Waals surface area contributed by atoms with Gasteiger partial charge in [-0.15, -0.1) is 0 Å². The number of nitrogens with zero attached hydrogens (tertiary/aromatic N) is 1. The monoisotopic (exact) mass is 410 g/mol. The first-order chi connectivity index (χ1) is 12.8. The number of sulfonamides is 1. The van der Waals surface area contributed by atoms with Crippen molar-refractivity contribution in [3.8, 4) is 11.5 Å². The highest BCUT2D eigenvalue weighted by molar-refractivity contribution is 7.92. The summed E-state index contributed by atoms with van der Waals surface area (Å²) < 4.78 is 36.5. The zero-order valence-electron chi connectivity index (χ0n) is 14.8. The first-order valence-corrected chi connectivity index (χ1v) is 10.4. The van der Waals surface area contributed by atoms with E-state index in [-0.39, 0.29) is 24.6 Å². The number of methoxy groups -OCH3 is 1. The number of ether oxygens (including phenoxy) is 2. The van der Waals surface area contributed by atoms with Crippen LogP contribution in [-0.4, -0.2) is 40.3 Å². The molecule has 7 nitrogen and oxygen atoms in total. The Morgan fingerprint density at radius 1 is 1.30 bits per heavy atom. The van der Waals surface area contributed by atoms with Gasteiger partial charge >= 0.3 is 0 Å². The van der Waals surface area contributed by atoms with Crippen molar-refractivity contribution < 1.29 is 22.7 Å². The predicted octanol–water partition coefficient (Wildman–Crippen LogP) is 2.90. The molecular formula is C18H19ClN2O5S. The lowest BCUT2D eigenvalue weighted by atomic mass is 10.2. The maximum atomic E-state index is 12.7. The topological polar surface area (TPSA) is 84.9 Å². The molecule has 0 bridgehead atoms. The third kappa shape index (κ3) is 4.45. The van der Waals surface area contributed by atoms with E-state index in [1.54, 1.807) is 36.4 Å². The Kier molecular flexibility index (Phi) is 5.48. The van der Waals surface area contributed by atoms with Gasteiger partial charge in [0.1, 0.15) is 11.5 Å². The number of nitrogens with one attached hydrogen (secondary N) is 1. The number of carbonyl (C=O) groups excluding carboxylic acids is 1. The van der Waals surface area contributed by atoms with Crippen molar-refractivity contribution in [1.82, 2.24) is 0 Å². The minimum Gasteiger partial charge on any atom is -0.497 e. The van der Waals surface area contributed by atoms with Crippen LogP contribution < -0.4 is 19.1 Å². The molecule has 1 amide bonds. The SMILES string of the molecule is COc1cccc(NC(=O)C2CCN(S(C)(=O)=O)c3cc(Cl)ccc3O2)c1. The molecule has 0 saturated heterocycles. The van der Waals surface area contributed by atoms with Crippen LogP contribution in [0.3, 0.4) is 0 Å². The summed E-state index contributed by atoms with van der Waals surface area (Å²) in [5.74, 6) is 0.519. The Morgan fingerprint density at radius 2 is 2.07 bits per heavy atom. The van der Waals surface area contributed by atoms with Crippen molar-refractivity contribution in [2.24, 2.45) is 0 Å². The van der Waals surface area contributed by atoms with Crippen LogP contribution in [-0.2, 0) is 14.8 Å². The molecule has 0 aromatic heterocycles. The van der Waals surface area contributed by atoms with Crippen LogP contribution in [0.15, 0.2) is 42.5 Å². The summed E-state index contributed by atoms with van der Waals surface area (Å²) in [5, 5.41) is 3.15. The first kappa shape index (κ1) is 19.3. The molecule has 1 heterocycles. The molecule has 1 atom stereocenters. The molecular weight excluding hydrogens is 392 g/mol. The standard InChI is InChI=1S/C18H19ClN2O5S/c1-25-14-5-3-4-13(11-14)20-18(22)17-8-9-21(27(2,23)24)15-10-12(19)6-7-16(15)26-17/h3-7,10-11,17H,8-9H2,1-2H3,(H,20,22). The molecule has 2 aromatic rings. The lowest BCUT2D eigenvalue weighted by Crippen LogP contribution is -2.35. The number of halogens is 1. The Balaban J connectivity index is 1.86. The van der Waals surface area contributed by atoms with E-state index in [1.807, 2.05) is 0 Å². The Labute approximate surface area is 162 Å². The molecule has 0 aliphatic carbocycles. The Morgan fingerprint density at radius 3 is 2.78 bits per heavy atom. The second-order valence-electron chi connectivity index (χ2n) is 6.06. The molecule has 3 rings (SSSR count). The van der Waals surface area contributed by atoms with E-state index in [0.29, 0.717) is 22.1 Å². The predicted molar refractivity (Wildman–Crippen MR) is 104 cm³/mol. The molecule has 1 aliphatic rings. The highest BCUT2D eigenvalue weighted by Gasteiger charge is 2.31. The molecule has 0 radical (unpaired) electrons. The normalized spacial score (nSPS) is 16.7. The average molecular weight is 411 g/mol. The maximum absolute atomic E-state index is 12.7. The van der Waals surface area contributed by atoms with Crippen molar-refractivity contribution in [2.75, 3.05) is 29.5 Å². The minimum absolute atomic E-state index is 0.0996. The zero-order valence-corrected chi connectivity index (χ0v) is 16.4. The third-order valence-electron chi connectivity index (χ3n) is 4.08. The summed E-state index contributed by atoms with van der Waals surface area (Å²) in [4.78, 5) is 12.7. The molecule has 1 aliphatic heterocycles. The van der Waals surface area contributed by atoms with E-state index in [9.17, 15) is 13.2 Å². The van der Waals surface area contributed by atoms with Gasteiger partial charge in [0.2, 0.25) is 10.0 Å². The highest BCUT2D eigenvalue weighted by atomic mass is 35.5. The van der Waals surface area contributed by atoms with Gasteiger partial charge in [-0.3, -0.25) is 9.10 Å². The number of anilines is 2. The molecule has 1 unspecified atom stereocenters. The molecule has 0 fully saturated rings. The number of hydrogen-bond donors (Lipinski definition) is 1. The highest BCUT2D eigenvalue weighted by Crippen LogP contribution is 2.36. The molecule has 27 heavy (non-hydrogen) atoms. The molecule has 0 spiro atoms. The maximum Gasteiger partial charge on any atom is 0.265 e. The number of hydrogen-bond acceptors (Lipinski definition) is 5. The van der Waals surface area contributed by atoms with Gasteiger partial charge in [0.15, 0.2) is 6.10 Å². The Hall–Kier alpha value is -2.45. The van der Waals surface area contributed by atoms with Crippen molar-refractivity contribution in [3.05, 3.63) is 47.5 Å². The quantitative estimate of drug-likeness (QED) is 0.837. The number of amides is 1. The van der Waals surface area contributed by atoms with Gasteiger partial charge in [-0.2, -0.15) is 0 Å². The van der Waals surface area contributed by atoms with Gasteiger partial charge in [-0.05, 0) is 30.3 Å². The lowest BCUT2D eigenvalue weighted by molar-refractivity contribution is -0.122. The van der Waals surface area contributed by atoms with Crippen molar-refractivity contribution in [3.63, 3.8) is 0 Å². The average Bonchev–Trinajstić information content (AvgIpc) is 2.81. The van der Waals surface area contributed by atoms with E-state index in [0.717, 1.165) is 6.26 Å². The van der Waals surface area contributed by atoms with Crippen LogP contribution in [0.2, 0.25) is 5.02 Å². The number of fused-ring (bicyclic) bond motifs is 1. The van der Waals surface area contributed by atoms with Gasteiger partial charge < -0.3 is 14.8 Å². The number of rotatable bonds is 4. The van der Waals surface area contributed by atoms with Crippen LogP contribution >= 0.6 is 11.6 Å². The fourth-order valence-electron chi connectivity index (χ4n) is 2.80. The first-order valence-electron chi connectivity index (χ1n) is 8.17. The second kappa shape index (κ2) is 7.66. The second-order valence-corrected chi connectivity index (χ2v) is 8.41. The molecule has 144 valence electrons. The van der Waals surface area contributed by atoms with E-state index < -0.39 is 16.1 Å². The molecule has 0 saturated carbocycles. The van der Waals surface area contributed by atoms with Crippen LogP contribution in [0, 0.1) is 0 Å². The van der Waals surface area contributed by atoms with Crippen molar-refractivity contribution in [2.45, 2.75) is 12.5 Å². The smallest absolute Gasteiger partial charge is 0.265 e. The van der Waals surface area contributed by atoms with E-state index in [4.69, 9.17) is 21.1 Å². The van der Waals surface area contributed by atoms with Crippen LogP contribution in [0.1, 0.15) is 6.42 Å². The van der Waals surface area contributed by atoms with Crippen LogP contribution in [0.4, 0.5) is 11.4 Å². The fourth-order valence-corrected chi connectivity index (χ4v) is 3.91. The fraction of sp³-hybridized carbons (Fsp3) is 0.278. The Bertz CT molecular complexity index is 964. The lowest BCUT2D eigenvalue weighted by Gasteiger charge is -2.21. The van der Waals surface area contributed by atoms with Gasteiger partial charge in [0.25, 0.3) is 5.91 Å². The van der Waals surface area contributed by atoms with E-state index in [2.05, 4.69) is 5.32 Å². The summed E-state index contributed by atoms with van der Waals surface area (Å²) in [6.45, 7) is 0.0996. The molecule has 2 aromatic carbocycles. The summed E-state index contributed by atoms with van der Waals surface area (Å²) >= 11 is 6.01. The largest absolute Gasteiger partial charge is 0.497 e. The molecule has 9 heteroatoms. The van der Waals surface area contributed by atoms with Crippen molar-refractivity contribution >= 4 is 38.9 Å². The van der Waals surface area contributed by atoms with Crippen molar-refractivity contribution in [1.29, 1.82) is 0 Å². The van der Waals surface area contributed by atoms with Crippen LogP contribution in [0.25, 0.3) is 0 Å². The summed E-state index contributed by atoms with van der Waals surface area (Å²) in [6.07, 6.45) is 0.437. The van der Waals surface area contributed by atoms with Crippen LogP contribution in [0.5, 0.6) is 11.5 Å². The van der Waals surface area contributed by atoms with Gasteiger partial charge in [0.05, 0.1) is 19.1 Å². The third-order valence-corrected chi connectivity index (χ3v) is 5.50. The summed E-state index contributed by atoms with van der Waals surface area (Å²) in [5.41, 5.74) is 0.880. The van der Waals surface area contributed by atoms with E-state index in [1.165, 1.54) is 17.5 Å². The van der Waals surface area contributed by atoms with Gasteiger partial charge in [0, 0.05) is 29.7 Å². The van der Waals surface area contributed by atoms with E-state index >= 15 is 0 Å². The molecule has 1 N–H and O–H groups in total. The van der Waals surface area contributed by atoms with Gasteiger partial charge in [-0.25, -0.2) is 8.42 Å². The number of benzene rings is 2. The zero-order chi connectivity index (χ0) is 19.6.